The van der Waals surface area contributed by atoms with Crippen LogP contribution in [0.4, 0.5) is 5.69 Å². The zero-order valence-corrected chi connectivity index (χ0v) is 9.21. The maximum absolute atomic E-state index is 11.5. The quantitative estimate of drug-likeness (QED) is 0.722. The minimum absolute atomic E-state index is 0.105. The second-order valence-corrected chi connectivity index (χ2v) is 3.29. The smallest absolute Gasteiger partial charge is 0.269 e. The Morgan fingerprint density at radius 3 is 2.80 bits per heavy atom. The highest BCUT2D eigenvalue weighted by molar-refractivity contribution is 5.92. The summed E-state index contributed by atoms with van der Waals surface area (Å²) in [4.78, 5) is 15.6. The number of nitrogens with zero attached hydrogens (tertiary/aromatic N) is 1. The highest BCUT2D eigenvalue weighted by atomic mass is 16.1. The van der Waals surface area contributed by atoms with Crippen LogP contribution in [-0.2, 0) is 0 Å². The Balaban J connectivity index is 2.50. The van der Waals surface area contributed by atoms with Gasteiger partial charge >= 0.3 is 0 Å². The van der Waals surface area contributed by atoms with Crippen LogP contribution >= 0.6 is 0 Å². The molecule has 0 radical (unpaired) electrons. The Bertz CT molecular complexity index is 308. The number of anilines is 1. The van der Waals surface area contributed by atoms with Crippen molar-refractivity contribution in [2.24, 2.45) is 0 Å². The van der Waals surface area contributed by atoms with E-state index in [4.69, 9.17) is 0 Å². The van der Waals surface area contributed by atoms with E-state index in [-0.39, 0.29) is 5.91 Å². The zero-order chi connectivity index (χ0) is 11.1. The van der Waals surface area contributed by atoms with Gasteiger partial charge in [0, 0.05) is 13.6 Å². The van der Waals surface area contributed by atoms with Crippen molar-refractivity contribution in [1.82, 2.24) is 10.3 Å². The molecule has 0 aliphatic carbocycles. The number of pyridine rings is 1. The number of carbonyl (C=O) groups excluding carboxylic acids is 1. The second-order valence-electron chi connectivity index (χ2n) is 3.29. The van der Waals surface area contributed by atoms with Gasteiger partial charge in [-0.1, -0.05) is 13.3 Å². The number of rotatable bonds is 5. The van der Waals surface area contributed by atoms with E-state index in [0.717, 1.165) is 18.5 Å². The summed E-state index contributed by atoms with van der Waals surface area (Å²) in [6.45, 7) is 2.80. The highest BCUT2D eigenvalue weighted by Gasteiger charge is 2.05. The molecular weight excluding hydrogens is 190 g/mol. The first-order valence-electron chi connectivity index (χ1n) is 5.20. The number of hydrogen-bond acceptors (Lipinski definition) is 3. The molecule has 0 fully saturated rings. The number of amides is 1. The molecule has 0 aliphatic rings. The summed E-state index contributed by atoms with van der Waals surface area (Å²) in [6.07, 6.45) is 3.72. The Kier molecular flexibility index (Phi) is 4.60. The molecule has 4 heteroatoms. The minimum atomic E-state index is -0.105. The summed E-state index contributed by atoms with van der Waals surface area (Å²) in [5.74, 6) is -0.105. The number of hydrogen-bond donors (Lipinski definition) is 2. The van der Waals surface area contributed by atoms with Gasteiger partial charge < -0.3 is 10.6 Å². The maximum Gasteiger partial charge on any atom is 0.269 e. The van der Waals surface area contributed by atoms with Crippen LogP contribution < -0.4 is 10.6 Å². The van der Waals surface area contributed by atoms with Crippen LogP contribution in [0, 0.1) is 0 Å². The fourth-order valence-corrected chi connectivity index (χ4v) is 1.15. The predicted molar refractivity (Wildman–Crippen MR) is 61.0 cm³/mol. The Labute approximate surface area is 90.1 Å². The first-order chi connectivity index (χ1) is 7.27. The molecule has 82 valence electrons. The zero-order valence-electron chi connectivity index (χ0n) is 9.21. The van der Waals surface area contributed by atoms with Crippen molar-refractivity contribution in [3.63, 3.8) is 0 Å². The van der Waals surface area contributed by atoms with Crippen LogP contribution in [0.5, 0.6) is 0 Å². The Morgan fingerprint density at radius 1 is 1.47 bits per heavy atom. The van der Waals surface area contributed by atoms with Crippen molar-refractivity contribution in [3.05, 3.63) is 24.0 Å². The molecule has 0 spiro atoms. The van der Waals surface area contributed by atoms with Gasteiger partial charge in [-0.3, -0.25) is 4.79 Å². The Morgan fingerprint density at radius 2 is 2.27 bits per heavy atom. The molecule has 2 N–H and O–H groups in total. The number of aromatic nitrogens is 1. The van der Waals surface area contributed by atoms with Crippen LogP contribution in [0.1, 0.15) is 30.3 Å². The van der Waals surface area contributed by atoms with Crippen molar-refractivity contribution in [2.75, 3.05) is 18.9 Å². The first kappa shape index (κ1) is 11.5. The number of nitrogens with one attached hydrogen (secondary N) is 2. The third kappa shape index (κ3) is 3.58. The molecule has 0 saturated carbocycles. The van der Waals surface area contributed by atoms with E-state index >= 15 is 0 Å². The summed E-state index contributed by atoms with van der Waals surface area (Å²) in [7, 11) is 1.82. The molecule has 0 saturated heterocycles. The topological polar surface area (TPSA) is 54.0 Å². The van der Waals surface area contributed by atoms with Crippen LogP contribution in [0.15, 0.2) is 18.3 Å². The van der Waals surface area contributed by atoms with Gasteiger partial charge in [-0.05, 0) is 18.6 Å². The standard InChI is InChI=1S/C11H17N3O/c1-3-4-7-13-11(15)10-6-5-9(12-2)8-14-10/h5-6,8,12H,3-4,7H2,1-2H3,(H,13,15). The van der Waals surface area contributed by atoms with Crippen LogP contribution in [0.2, 0.25) is 0 Å². The molecule has 1 heterocycles. The lowest BCUT2D eigenvalue weighted by Gasteiger charge is -2.04. The fraction of sp³-hybridized carbons (Fsp3) is 0.455. The largest absolute Gasteiger partial charge is 0.387 e. The van der Waals surface area contributed by atoms with Gasteiger partial charge in [0.15, 0.2) is 0 Å². The summed E-state index contributed by atoms with van der Waals surface area (Å²) < 4.78 is 0. The van der Waals surface area contributed by atoms with E-state index in [1.165, 1.54) is 0 Å². The minimum Gasteiger partial charge on any atom is -0.387 e. The molecule has 0 bridgehead atoms. The average Bonchev–Trinajstić information content (AvgIpc) is 2.29. The molecule has 0 unspecified atom stereocenters. The monoisotopic (exact) mass is 207 g/mol. The molecule has 1 amide bonds. The van der Waals surface area contributed by atoms with Crippen molar-refractivity contribution < 1.29 is 4.79 Å². The lowest BCUT2D eigenvalue weighted by atomic mass is 10.3. The molecule has 1 rings (SSSR count). The van der Waals surface area contributed by atoms with Crippen LogP contribution in [0.25, 0.3) is 0 Å². The maximum atomic E-state index is 11.5. The van der Waals surface area contributed by atoms with E-state index in [1.807, 2.05) is 13.1 Å². The van der Waals surface area contributed by atoms with Gasteiger partial charge in [0.2, 0.25) is 0 Å². The molecule has 0 atom stereocenters. The molecule has 15 heavy (non-hydrogen) atoms. The summed E-state index contributed by atoms with van der Waals surface area (Å²) >= 11 is 0. The van der Waals surface area contributed by atoms with Gasteiger partial charge in [-0.2, -0.15) is 0 Å². The van der Waals surface area contributed by atoms with E-state index in [0.29, 0.717) is 12.2 Å². The first-order valence-corrected chi connectivity index (χ1v) is 5.20. The molecule has 0 aromatic carbocycles. The van der Waals surface area contributed by atoms with Gasteiger partial charge in [0.05, 0.1) is 11.9 Å². The van der Waals surface area contributed by atoms with Gasteiger partial charge in [0.1, 0.15) is 5.69 Å². The Hall–Kier alpha value is -1.58. The second kappa shape index (κ2) is 6.01. The third-order valence-corrected chi connectivity index (χ3v) is 2.10. The van der Waals surface area contributed by atoms with Gasteiger partial charge in [-0.15, -0.1) is 0 Å². The predicted octanol–water partition coefficient (Wildman–Crippen LogP) is 1.65. The molecule has 4 nitrogen and oxygen atoms in total. The normalized spacial score (nSPS) is 9.73. The van der Waals surface area contributed by atoms with E-state index < -0.39 is 0 Å². The van der Waals surface area contributed by atoms with Gasteiger partial charge in [0.25, 0.3) is 5.91 Å². The highest BCUT2D eigenvalue weighted by Crippen LogP contribution is 2.04. The average molecular weight is 207 g/mol. The van der Waals surface area contributed by atoms with E-state index in [2.05, 4.69) is 22.5 Å². The van der Waals surface area contributed by atoms with Gasteiger partial charge in [-0.25, -0.2) is 4.98 Å². The fourth-order valence-electron chi connectivity index (χ4n) is 1.15. The summed E-state index contributed by atoms with van der Waals surface area (Å²) in [5, 5.41) is 5.77. The van der Waals surface area contributed by atoms with E-state index in [1.54, 1.807) is 12.3 Å². The van der Waals surface area contributed by atoms with Crippen molar-refractivity contribution in [1.29, 1.82) is 0 Å². The van der Waals surface area contributed by atoms with Crippen LogP contribution in [-0.4, -0.2) is 24.5 Å². The number of carbonyl (C=O) groups is 1. The molecular formula is C11H17N3O. The van der Waals surface area contributed by atoms with Crippen LogP contribution in [0.3, 0.4) is 0 Å². The van der Waals surface area contributed by atoms with Crippen molar-refractivity contribution >= 4 is 11.6 Å². The summed E-state index contributed by atoms with van der Waals surface area (Å²) in [6, 6.07) is 3.55. The molecule has 1 aromatic heterocycles. The molecule has 0 aliphatic heterocycles. The van der Waals surface area contributed by atoms with E-state index in [9.17, 15) is 4.79 Å². The van der Waals surface area contributed by atoms with Crippen molar-refractivity contribution in [3.8, 4) is 0 Å². The molecule has 1 aromatic rings. The SMILES string of the molecule is CCCCNC(=O)c1ccc(NC)cn1. The van der Waals surface area contributed by atoms with Crippen molar-refractivity contribution in [2.45, 2.75) is 19.8 Å². The summed E-state index contributed by atoms with van der Waals surface area (Å²) in [5.41, 5.74) is 1.37. The third-order valence-electron chi connectivity index (χ3n) is 2.10. The lowest BCUT2D eigenvalue weighted by Crippen LogP contribution is -2.25. The lowest BCUT2D eigenvalue weighted by molar-refractivity contribution is 0.0948. The number of unbranched alkanes of at least 4 members (excludes halogenated alkanes) is 1.